The summed E-state index contributed by atoms with van der Waals surface area (Å²) < 4.78 is 21.1. The van der Waals surface area contributed by atoms with Gasteiger partial charge in [0, 0.05) is 0 Å². The zero-order chi connectivity index (χ0) is 24.2. The molecule has 0 aliphatic carbocycles. The van der Waals surface area contributed by atoms with E-state index in [1.165, 1.54) is 0 Å². The summed E-state index contributed by atoms with van der Waals surface area (Å²) in [4.78, 5) is 0. The molecular weight excluding hydrogens is 444 g/mol. The van der Waals surface area contributed by atoms with Gasteiger partial charge in [-0.1, -0.05) is 0 Å². The van der Waals surface area contributed by atoms with Crippen molar-refractivity contribution in [2.45, 2.75) is 79.7 Å². The first kappa shape index (κ1) is 27.6. The summed E-state index contributed by atoms with van der Waals surface area (Å²) >= 11 is 0. The van der Waals surface area contributed by atoms with E-state index in [1.807, 2.05) is 0 Å². The van der Waals surface area contributed by atoms with E-state index in [9.17, 15) is 46.0 Å². The molecule has 0 aromatic carbocycles. The first-order valence-electron chi connectivity index (χ1n) is 9.92. The van der Waals surface area contributed by atoms with E-state index in [0.29, 0.717) is 0 Å². The van der Waals surface area contributed by atoms with Crippen LogP contribution in [0.1, 0.15) is 0 Å². The van der Waals surface area contributed by atoms with E-state index in [1.54, 1.807) is 0 Å². The molecule has 12 atom stereocenters. The molecule has 15 nitrogen and oxygen atoms in total. The molecule has 15 heteroatoms. The Morgan fingerprint density at radius 3 is 1.62 bits per heavy atom. The Morgan fingerprint density at radius 2 is 1.12 bits per heavy atom. The highest BCUT2D eigenvalue weighted by Crippen LogP contribution is 2.30. The van der Waals surface area contributed by atoms with E-state index in [2.05, 4.69) is 0 Å². The van der Waals surface area contributed by atoms with E-state index >= 15 is 0 Å². The van der Waals surface area contributed by atoms with Gasteiger partial charge in [-0.25, -0.2) is 0 Å². The van der Waals surface area contributed by atoms with Crippen LogP contribution in [0.4, 0.5) is 0 Å². The average molecular weight is 476 g/mol. The summed E-state index contributed by atoms with van der Waals surface area (Å²) in [7, 11) is 0. The Hall–Kier alpha value is -0.600. The van der Waals surface area contributed by atoms with Crippen LogP contribution in [0.15, 0.2) is 0 Å². The summed E-state index contributed by atoms with van der Waals surface area (Å²) in [5.41, 5.74) is 0. The number of hydrogen-bond donors (Lipinski definition) is 11. The molecule has 2 aliphatic heterocycles. The van der Waals surface area contributed by atoms with Crippen molar-refractivity contribution in [1.82, 2.24) is 0 Å². The van der Waals surface area contributed by atoms with E-state index in [-0.39, 0.29) is 0 Å². The molecule has 2 fully saturated rings. The standard InChI is InChI=1S/C17H32O15/c18-1-5(22)14(6(23)2-19)31-17-13(28)11(26)15(8(4-21)30-17)32-16-12(27)10(25)9(24)7(3-20)29-16/h5-28H,1-4H2/t5-,6-,7-,8-,9-,10+,11-,12-,13-,15-,16-,17-/m1/s1. The Balaban J connectivity index is 2.14. The minimum Gasteiger partial charge on any atom is -0.394 e. The highest BCUT2D eigenvalue weighted by atomic mass is 16.7. The minimum atomic E-state index is -1.91. The lowest BCUT2D eigenvalue weighted by Gasteiger charge is -2.46. The van der Waals surface area contributed by atoms with Crippen LogP contribution in [-0.2, 0) is 18.9 Å². The first-order valence-corrected chi connectivity index (χ1v) is 9.92. The van der Waals surface area contributed by atoms with E-state index in [0.717, 1.165) is 0 Å². The average Bonchev–Trinajstić information content (AvgIpc) is 2.80. The molecule has 0 radical (unpaired) electrons. The van der Waals surface area contributed by atoms with Gasteiger partial charge in [0.05, 0.1) is 26.4 Å². The maximum Gasteiger partial charge on any atom is 0.187 e. The van der Waals surface area contributed by atoms with Crippen LogP contribution in [0.2, 0.25) is 0 Å². The maximum absolute atomic E-state index is 10.5. The molecule has 2 rings (SSSR count). The topological polar surface area (TPSA) is 259 Å². The molecule has 2 aliphatic rings. The Kier molecular flexibility index (Phi) is 10.5. The SMILES string of the molecule is OC[C@@H](O)C(O[C@H]1O[C@H](CO)[C@@H](O[C@H]2O[C@H](CO)[C@@H](O)[C@H](O)[C@H]2O)[C@H](O)[C@H]1O)[C@H](O)CO. The van der Waals surface area contributed by atoms with Crippen LogP contribution in [0, 0.1) is 0 Å². The van der Waals surface area contributed by atoms with Gasteiger partial charge in [-0.3, -0.25) is 0 Å². The third-order valence-corrected chi connectivity index (χ3v) is 5.38. The Morgan fingerprint density at radius 1 is 0.625 bits per heavy atom. The van der Waals surface area contributed by atoms with Crippen molar-refractivity contribution in [3.63, 3.8) is 0 Å². The van der Waals surface area contributed by atoms with Crippen molar-refractivity contribution >= 4 is 0 Å². The fourth-order valence-corrected chi connectivity index (χ4v) is 3.47. The largest absolute Gasteiger partial charge is 0.394 e. The second kappa shape index (κ2) is 12.2. The van der Waals surface area contributed by atoms with Crippen LogP contribution in [0.25, 0.3) is 0 Å². The second-order valence-corrected chi connectivity index (χ2v) is 7.61. The number of hydrogen-bond acceptors (Lipinski definition) is 15. The second-order valence-electron chi connectivity index (χ2n) is 7.61. The van der Waals surface area contributed by atoms with Crippen LogP contribution < -0.4 is 0 Å². The van der Waals surface area contributed by atoms with Crippen LogP contribution in [0.5, 0.6) is 0 Å². The van der Waals surface area contributed by atoms with Crippen molar-refractivity contribution < 1.29 is 75.1 Å². The van der Waals surface area contributed by atoms with Gasteiger partial charge in [0.25, 0.3) is 0 Å². The van der Waals surface area contributed by atoms with Gasteiger partial charge in [0.1, 0.15) is 67.1 Å². The van der Waals surface area contributed by atoms with Gasteiger partial charge in [0.15, 0.2) is 12.6 Å². The van der Waals surface area contributed by atoms with Gasteiger partial charge in [-0.05, 0) is 0 Å². The highest BCUT2D eigenvalue weighted by molar-refractivity contribution is 4.94. The summed E-state index contributed by atoms with van der Waals surface area (Å²) in [5.74, 6) is 0. The molecule has 0 saturated carbocycles. The normalized spacial score (nSPS) is 42.8. The van der Waals surface area contributed by atoms with Gasteiger partial charge >= 0.3 is 0 Å². The molecule has 11 N–H and O–H groups in total. The predicted octanol–water partition coefficient (Wildman–Crippen LogP) is -7.30. The third kappa shape index (κ3) is 5.90. The van der Waals surface area contributed by atoms with Crippen LogP contribution in [0.3, 0.4) is 0 Å². The van der Waals surface area contributed by atoms with Gasteiger partial charge in [0.2, 0.25) is 0 Å². The predicted molar refractivity (Wildman–Crippen MR) is 97.5 cm³/mol. The monoisotopic (exact) mass is 476 g/mol. The summed E-state index contributed by atoms with van der Waals surface area (Å²) in [5, 5.41) is 107. The zero-order valence-electron chi connectivity index (χ0n) is 16.9. The van der Waals surface area contributed by atoms with Crippen molar-refractivity contribution in [2.75, 3.05) is 26.4 Å². The molecule has 32 heavy (non-hydrogen) atoms. The molecule has 0 amide bonds. The van der Waals surface area contributed by atoms with Crippen molar-refractivity contribution in [2.24, 2.45) is 0 Å². The smallest absolute Gasteiger partial charge is 0.187 e. The summed E-state index contributed by atoms with van der Waals surface area (Å²) in [6.07, 6.45) is -21.8. The highest BCUT2D eigenvalue weighted by Gasteiger charge is 2.51. The lowest BCUT2D eigenvalue weighted by atomic mass is 9.97. The van der Waals surface area contributed by atoms with Crippen LogP contribution >= 0.6 is 0 Å². The quantitative estimate of drug-likeness (QED) is 0.140. The molecular formula is C17H32O15. The first-order chi connectivity index (χ1) is 15.1. The van der Waals surface area contributed by atoms with Gasteiger partial charge < -0.3 is 75.1 Å². The minimum absolute atomic E-state index is 0.738. The lowest BCUT2D eigenvalue weighted by molar-refractivity contribution is -0.367. The molecule has 0 bridgehead atoms. The van der Waals surface area contributed by atoms with E-state index in [4.69, 9.17) is 29.2 Å². The van der Waals surface area contributed by atoms with Crippen LogP contribution in [-0.4, -0.2) is 162 Å². The molecule has 190 valence electrons. The van der Waals surface area contributed by atoms with Gasteiger partial charge in [-0.2, -0.15) is 0 Å². The molecule has 0 aromatic heterocycles. The molecule has 2 saturated heterocycles. The number of aliphatic hydroxyl groups is 11. The Labute approximate surface area is 182 Å². The lowest BCUT2D eigenvalue weighted by Crippen LogP contribution is -2.65. The maximum atomic E-state index is 10.5. The van der Waals surface area contributed by atoms with Gasteiger partial charge in [-0.15, -0.1) is 0 Å². The molecule has 0 spiro atoms. The number of rotatable bonds is 10. The van der Waals surface area contributed by atoms with Crippen molar-refractivity contribution in [1.29, 1.82) is 0 Å². The molecule has 0 unspecified atom stereocenters. The summed E-state index contributed by atoms with van der Waals surface area (Å²) in [6.45, 7) is -3.31. The third-order valence-electron chi connectivity index (χ3n) is 5.38. The van der Waals surface area contributed by atoms with Crippen molar-refractivity contribution in [3.8, 4) is 0 Å². The number of aliphatic hydroxyl groups excluding tert-OH is 11. The summed E-state index contributed by atoms with van der Waals surface area (Å²) in [6, 6.07) is 0. The molecule has 2 heterocycles. The van der Waals surface area contributed by atoms with Crippen molar-refractivity contribution in [3.05, 3.63) is 0 Å². The van der Waals surface area contributed by atoms with E-state index < -0.39 is 106 Å². The zero-order valence-corrected chi connectivity index (χ0v) is 16.9. The Bertz CT molecular complexity index is 540. The number of ether oxygens (including phenoxy) is 4. The fraction of sp³-hybridized carbons (Fsp3) is 1.00. The molecule has 0 aromatic rings. The fourth-order valence-electron chi connectivity index (χ4n) is 3.47.